The van der Waals surface area contributed by atoms with Crippen molar-refractivity contribution in [3.05, 3.63) is 54.1 Å². The second kappa shape index (κ2) is 8.57. The number of amides is 1. The third kappa shape index (κ3) is 4.49. The van der Waals surface area contributed by atoms with E-state index in [-0.39, 0.29) is 5.91 Å². The predicted octanol–water partition coefficient (Wildman–Crippen LogP) is 2.65. The zero-order chi connectivity index (χ0) is 17.4. The van der Waals surface area contributed by atoms with E-state index in [1.54, 1.807) is 27.4 Å². The summed E-state index contributed by atoms with van der Waals surface area (Å²) in [5.74, 6) is 1.11. The van der Waals surface area contributed by atoms with E-state index in [0.29, 0.717) is 11.5 Å². The van der Waals surface area contributed by atoms with Gasteiger partial charge >= 0.3 is 0 Å². The Hall–Kier alpha value is -3.02. The Bertz CT molecular complexity index is 716. The number of methoxy groups -OCH3 is 2. The number of rotatable bonds is 7. The minimum atomic E-state index is -0.476. The van der Waals surface area contributed by atoms with Gasteiger partial charge in [0, 0.05) is 5.56 Å². The molecular weight excluding hydrogens is 306 g/mol. The van der Waals surface area contributed by atoms with Crippen LogP contribution in [-0.4, -0.2) is 32.4 Å². The van der Waals surface area contributed by atoms with Gasteiger partial charge in [-0.05, 0) is 31.2 Å². The highest BCUT2D eigenvalue weighted by Gasteiger charge is 2.13. The van der Waals surface area contributed by atoms with E-state index < -0.39 is 6.04 Å². The number of anilines is 1. The number of nitrogens with one attached hydrogen (secondary N) is 2. The number of nitrogens with zero attached hydrogens (tertiary/aromatic N) is 1. The van der Waals surface area contributed by atoms with Crippen LogP contribution in [-0.2, 0) is 4.79 Å². The molecule has 6 heteroatoms. The molecule has 0 heterocycles. The van der Waals surface area contributed by atoms with E-state index in [4.69, 9.17) is 9.47 Å². The number of carbonyl (C=O) groups excluding carboxylic acids is 1. The monoisotopic (exact) mass is 327 g/mol. The lowest BCUT2D eigenvalue weighted by atomic mass is 10.2. The Balaban J connectivity index is 1.95. The van der Waals surface area contributed by atoms with Crippen LogP contribution in [0.1, 0.15) is 12.5 Å². The van der Waals surface area contributed by atoms with E-state index in [1.165, 1.54) is 0 Å². The SMILES string of the molecule is COc1ccccc1/C=N\NC(=O)[C@H](C)Nc1ccccc1OC. The summed E-state index contributed by atoms with van der Waals surface area (Å²) < 4.78 is 10.5. The lowest BCUT2D eigenvalue weighted by Crippen LogP contribution is -2.35. The number of para-hydroxylation sites is 3. The first kappa shape index (κ1) is 17.3. The fourth-order valence-electron chi connectivity index (χ4n) is 2.10. The smallest absolute Gasteiger partial charge is 0.262 e. The predicted molar refractivity (Wildman–Crippen MR) is 94.8 cm³/mol. The molecule has 0 radical (unpaired) electrons. The maximum Gasteiger partial charge on any atom is 0.262 e. The van der Waals surface area contributed by atoms with Crippen LogP contribution in [0.15, 0.2) is 53.6 Å². The Morgan fingerprint density at radius 3 is 2.38 bits per heavy atom. The van der Waals surface area contributed by atoms with Gasteiger partial charge in [0.2, 0.25) is 0 Å². The van der Waals surface area contributed by atoms with Crippen molar-refractivity contribution in [3.8, 4) is 11.5 Å². The van der Waals surface area contributed by atoms with E-state index in [9.17, 15) is 4.79 Å². The van der Waals surface area contributed by atoms with Gasteiger partial charge in [-0.25, -0.2) is 5.43 Å². The van der Waals surface area contributed by atoms with Crippen molar-refractivity contribution in [3.63, 3.8) is 0 Å². The summed E-state index contributed by atoms with van der Waals surface area (Å²) in [6, 6.07) is 14.4. The van der Waals surface area contributed by atoms with E-state index >= 15 is 0 Å². The minimum absolute atomic E-state index is 0.257. The molecule has 6 nitrogen and oxygen atoms in total. The third-order valence-corrected chi connectivity index (χ3v) is 3.39. The van der Waals surface area contributed by atoms with Crippen molar-refractivity contribution in [2.24, 2.45) is 5.10 Å². The summed E-state index contributed by atoms with van der Waals surface area (Å²) in [5.41, 5.74) is 4.04. The van der Waals surface area contributed by atoms with E-state index in [1.807, 2.05) is 48.5 Å². The van der Waals surface area contributed by atoms with Gasteiger partial charge in [0.25, 0.3) is 5.91 Å². The van der Waals surface area contributed by atoms with Crippen LogP contribution in [0.5, 0.6) is 11.5 Å². The summed E-state index contributed by atoms with van der Waals surface area (Å²) in [4.78, 5) is 12.1. The molecule has 2 rings (SSSR count). The fraction of sp³-hybridized carbons (Fsp3) is 0.222. The molecule has 24 heavy (non-hydrogen) atoms. The second-order valence-electron chi connectivity index (χ2n) is 5.04. The van der Waals surface area contributed by atoms with E-state index in [0.717, 1.165) is 11.3 Å². The van der Waals surface area contributed by atoms with Crippen LogP contribution in [0.3, 0.4) is 0 Å². The van der Waals surface area contributed by atoms with Crippen molar-refractivity contribution < 1.29 is 14.3 Å². The average Bonchev–Trinajstić information content (AvgIpc) is 2.62. The maximum absolute atomic E-state index is 12.1. The minimum Gasteiger partial charge on any atom is -0.496 e. The molecule has 0 saturated heterocycles. The number of hydrazone groups is 1. The third-order valence-electron chi connectivity index (χ3n) is 3.39. The zero-order valence-electron chi connectivity index (χ0n) is 13.9. The molecule has 0 spiro atoms. The summed E-state index contributed by atoms with van der Waals surface area (Å²) in [6.45, 7) is 1.75. The highest BCUT2D eigenvalue weighted by molar-refractivity contribution is 5.88. The first-order chi connectivity index (χ1) is 11.7. The van der Waals surface area contributed by atoms with Crippen molar-refractivity contribution in [2.75, 3.05) is 19.5 Å². The quantitative estimate of drug-likeness (QED) is 0.606. The van der Waals surface area contributed by atoms with Gasteiger partial charge in [0.05, 0.1) is 26.1 Å². The molecular formula is C18H21N3O3. The molecule has 1 amide bonds. The largest absolute Gasteiger partial charge is 0.496 e. The summed E-state index contributed by atoms with van der Waals surface area (Å²) in [5, 5.41) is 7.08. The highest BCUT2D eigenvalue weighted by Crippen LogP contribution is 2.23. The Kier molecular flexibility index (Phi) is 6.19. The van der Waals surface area contributed by atoms with Crippen LogP contribution in [0.4, 0.5) is 5.69 Å². The first-order valence-electron chi connectivity index (χ1n) is 7.51. The molecule has 2 N–H and O–H groups in total. The van der Waals surface area contributed by atoms with Gasteiger partial charge in [-0.2, -0.15) is 5.10 Å². The average molecular weight is 327 g/mol. The normalized spacial score (nSPS) is 11.8. The first-order valence-corrected chi connectivity index (χ1v) is 7.51. The molecule has 0 saturated carbocycles. The number of carbonyl (C=O) groups is 1. The molecule has 0 fully saturated rings. The topological polar surface area (TPSA) is 72.0 Å². The molecule has 1 atom stereocenters. The Morgan fingerprint density at radius 2 is 1.67 bits per heavy atom. The van der Waals surface area contributed by atoms with Crippen LogP contribution in [0.25, 0.3) is 0 Å². The summed E-state index contributed by atoms with van der Waals surface area (Å²) in [7, 11) is 3.17. The summed E-state index contributed by atoms with van der Waals surface area (Å²) in [6.07, 6.45) is 1.55. The molecule has 2 aromatic carbocycles. The number of benzene rings is 2. The summed E-state index contributed by atoms with van der Waals surface area (Å²) >= 11 is 0. The van der Waals surface area contributed by atoms with Gasteiger partial charge in [-0.15, -0.1) is 0 Å². The molecule has 0 bridgehead atoms. The van der Waals surface area contributed by atoms with Crippen LogP contribution in [0.2, 0.25) is 0 Å². The standard InChI is InChI=1S/C18H21N3O3/c1-13(20-15-9-5-7-11-17(15)24-3)18(22)21-19-12-14-8-4-6-10-16(14)23-2/h4-13,20H,1-3H3,(H,21,22)/b19-12-/t13-/m0/s1. The number of ether oxygens (including phenoxy) is 2. The van der Waals surface area contributed by atoms with Crippen molar-refractivity contribution in [1.29, 1.82) is 0 Å². The molecule has 0 aliphatic heterocycles. The molecule has 0 unspecified atom stereocenters. The second-order valence-corrected chi connectivity index (χ2v) is 5.04. The molecule has 0 aliphatic carbocycles. The lowest BCUT2D eigenvalue weighted by molar-refractivity contribution is -0.121. The van der Waals surface area contributed by atoms with Crippen LogP contribution in [0, 0.1) is 0 Å². The van der Waals surface area contributed by atoms with E-state index in [2.05, 4.69) is 15.8 Å². The van der Waals surface area contributed by atoms with Gasteiger partial charge < -0.3 is 14.8 Å². The molecule has 0 aromatic heterocycles. The lowest BCUT2D eigenvalue weighted by Gasteiger charge is -2.15. The highest BCUT2D eigenvalue weighted by atomic mass is 16.5. The van der Waals surface area contributed by atoms with Crippen LogP contribution >= 0.6 is 0 Å². The van der Waals surface area contributed by atoms with Gasteiger partial charge in [0.15, 0.2) is 0 Å². The number of hydrogen-bond donors (Lipinski definition) is 2. The van der Waals surface area contributed by atoms with Gasteiger partial charge in [-0.3, -0.25) is 4.79 Å². The fourth-order valence-corrected chi connectivity index (χ4v) is 2.10. The van der Waals surface area contributed by atoms with Gasteiger partial charge in [0.1, 0.15) is 17.5 Å². The van der Waals surface area contributed by atoms with Crippen LogP contribution < -0.4 is 20.2 Å². The molecule has 2 aromatic rings. The number of hydrogen-bond acceptors (Lipinski definition) is 5. The van der Waals surface area contributed by atoms with Crippen molar-refractivity contribution >= 4 is 17.8 Å². The molecule has 126 valence electrons. The Labute approximate surface area is 141 Å². The Morgan fingerprint density at radius 1 is 1.04 bits per heavy atom. The zero-order valence-corrected chi connectivity index (χ0v) is 13.9. The maximum atomic E-state index is 12.1. The van der Waals surface area contributed by atoms with Crippen molar-refractivity contribution in [2.45, 2.75) is 13.0 Å². The molecule has 0 aliphatic rings. The van der Waals surface area contributed by atoms with Crippen molar-refractivity contribution in [1.82, 2.24) is 5.43 Å². The van der Waals surface area contributed by atoms with Gasteiger partial charge in [-0.1, -0.05) is 24.3 Å².